The van der Waals surface area contributed by atoms with Crippen LogP contribution in [-0.4, -0.2) is 39.1 Å². The van der Waals surface area contributed by atoms with Gasteiger partial charge in [-0.25, -0.2) is 0 Å². The number of hydrogen-bond donors (Lipinski definition) is 1. The molecule has 0 spiro atoms. The lowest BCUT2D eigenvalue weighted by Crippen LogP contribution is -2.45. The van der Waals surface area contributed by atoms with Crippen LogP contribution in [0, 0.1) is 13.8 Å². The number of nitrogens with zero attached hydrogens (tertiary/aromatic N) is 3. The molecule has 0 fully saturated rings. The van der Waals surface area contributed by atoms with Gasteiger partial charge in [-0.3, -0.25) is 14.3 Å². The van der Waals surface area contributed by atoms with Crippen LogP contribution in [0.5, 0.6) is 0 Å². The first-order valence-electron chi connectivity index (χ1n) is 9.20. The van der Waals surface area contributed by atoms with Crippen molar-refractivity contribution in [1.82, 2.24) is 14.7 Å². The van der Waals surface area contributed by atoms with Gasteiger partial charge in [0.15, 0.2) is 0 Å². The molecule has 2 rings (SSSR count). The highest BCUT2D eigenvalue weighted by Crippen LogP contribution is 2.15. The van der Waals surface area contributed by atoms with Crippen molar-refractivity contribution in [2.24, 2.45) is 7.05 Å². The average Bonchev–Trinajstić information content (AvgIpc) is 2.89. The number of aryl methyl sites for hydroxylation is 2. The fourth-order valence-electron chi connectivity index (χ4n) is 2.93. The van der Waals surface area contributed by atoms with Crippen molar-refractivity contribution in [2.45, 2.75) is 40.2 Å². The van der Waals surface area contributed by atoms with Gasteiger partial charge in [0.1, 0.15) is 6.04 Å². The molecule has 0 radical (unpaired) electrons. The number of amides is 2. The van der Waals surface area contributed by atoms with Crippen LogP contribution in [0.1, 0.15) is 37.2 Å². The Balaban J connectivity index is 2.13. The number of nitrogens with one attached hydrogen (secondary N) is 1. The molecule has 6 heteroatoms. The molecule has 1 atom stereocenters. The van der Waals surface area contributed by atoms with E-state index >= 15 is 0 Å². The summed E-state index contributed by atoms with van der Waals surface area (Å²) in [5.41, 5.74) is 3.52. The molecule has 27 heavy (non-hydrogen) atoms. The Hall–Kier alpha value is -2.89. The molecule has 1 aromatic heterocycles. The number of hydrogen-bond acceptors (Lipinski definition) is 3. The predicted octanol–water partition coefficient (Wildman–Crippen LogP) is 3.32. The Morgan fingerprint density at radius 3 is 2.48 bits per heavy atom. The normalized spacial score (nSPS) is 12.2. The van der Waals surface area contributed by atoms with E-state index in [0.29, 0.717) is 6.54 Å². The van der Waals surface area contributed by atoms with E-state index in [2.05, 4.69) is 10.4 Å². The fraction of sp³-hybridized carbons (Fsp3) is 0.381. The van der Waals surface area contributed by atoms with E-state index in [-0.39, 0.29) is 11.8 Å². The summed E-state index contributed by atoms with van der Waals surface area (Å²) >= 11 is 0. The average molecular weight is 368 g/mol. The van der Waals surface area contributed by atoms with E-state index < -0.39 is 6.04 Å². The van der Waals surface area contributed by atoms with E-state index in [1.807, 2.05) is 58.2 Å². The second-order valence-corrected chi connectivity index (χ2v) is 6.60. The second kappa shape index (κ2) is 9.16. The van der Waals surface area contributed by atoms with Gasteiger partial charge >= 0.3 is 0 Å². The van der Waals surface area contributed by atoms with Crippen LogP contribution < -0.4 is 5.32 Å². The van der Waals surface area contributed by atoms with E-state index in [0.717, 1.165) is 29.1 Å². The molecule has 2 aromatic rings. The van der Waals surface area contributed by atoms with Crippen molar-refractivity contribution in [2.75, 3.05) is 11.9 Å². The SMILES string of the molecule is CCCN(C(=O)/C=C/c1c(C)nn(C)c1C)[C@H](C)C(=O)Nc1ccccc1. The number of aromatic nitrogens is 2. The molecule has 0 aliphatic heterocycles. The minimum Gasteiger partial charge on any atom is -0.327 e. The number of rotatable bonds is 7. The summed E-state index contributed by atoms with van der Waals surface area (Å²) in [6.07, 6.45) is 4.08. The van der Waals surface area contributed by atoms with Crippen molar-refractivity contribution in [3.8, 4) is 0 Å². The lowest BCUT2D eigenvalue weighted by molar-refractivity contribution is -0.134. The zero-order chi connectivity index (χ0) is 20.0. The Bertz CT molecular complexity index is 824. The standard InChI is InChI=1S/C21H28N4O2/c1-6-14-25(17(4)21(27)22-18-10-8-7-9-11-18)20(26)13-12-19-15(2)23-24(5)16(19)3/h7-13,17H,6,14H2,1-5H3,(H,22,27)/b13-12+/t17-/m1/s1. The summed E-state index contributed by atoms with van der Waals surface area (Å²) in [5, 5.41) is 7.22. The van der Waals surface area contributed by atoms with Gasteiger partial charge in [-0.1, -0.05) is 25.1 Å². The van der Waals surface area contributed by atoms with Crippen molar-refractivity contribution in [3.05, 3.63) is 53.4 Å². The zero-order valence-corrected chi connectivity index (χ0v) is 16.7. The topological polar surface area (TPSA) is 67.2 Å². The van der Waals surface area contributed by atoms with Gasteiger partial charge in [0.2, 0.25) is 11.8 Å². The van der Waals surface area contributed by atoms with E-state index in [9.17, 15) is 9.59 Å². The first kappa shape index (κ1) is 20.4. The number of carbonyl (C=O) groups excluding carboxylic acids is 2. The number of anilines is 1. The minimum absolute atomic E-state index is 0.185. The highest BCUT2D eigenvalue weighted by Gasteiger charge is 2.24. The summed E-state index contributed by atoms with van der Waals surface area (Å²) in [4.78, 5) is 26.9. The zero-order valence-electron chi connectivity index (χ0n) is 16.7. The smallest absolute Gasteiger partial charge is 0.247 e. The molecule has 1 N–H and O–H groups in total. The summed E-state index contributed by atoms with van der Waals surface area (Å²) in [6.45, 7) is 8.12. The third-order valence-electron chi connectivity index (χ3n) is 4.59. The van der Waals surface area contributed by atoms with Crippen LogP contribution in [0.2, 0.25) is 0 Å². The third kappa shape index (κ3) is 5.06. The van der Waals surface area contributed by atoms with Crippen LogP contribution in [0.4, 0.5) is 5.69 Å². The van der Waals surface area contributed by atoms with E-state index in [4.69, 9.17) is 0 Å². The maximum atomic E-state index is 12.8. The van der Waals surface area contributed by atoms with Gasteiger partial charge in [0.25, 0.3) is 0 Å². The minimum atomic E-state index is -0.571. The Morgan fingerprint density at radius 1 is 1.26 bits per heavy atom. The predicted molar refractivity (Wildman–Crippen MR) is 108 cm³/mol. The second-order valence-electron chi connectivity index (χ2n) is 6.60. The van der Waals surface area contributed by atoms with Crippen molar-refractivity contribution in [1.29, 1.82) is 0 Å². The summed E-state index contributed by atoms with van der Waals surface area (Å²) in [5.74, 6) is -0.389. The number of carbonyl (C=O) groups is 2. The van der Waals surface area contributed by atoms with E-state index in [1.54, 1.807) is 22.6 Å². The molecule has 0 aliphatic carbocycles. The fourth-order valence-corrected chi connectivity index (χ4v) is 2.93. The first-order valence-corrected chi connectivity index (χ1v) is 9.20. The molecular formula is C21H28N4O2. The van der Waals surface area contributed by atoms with Crippen molar-refractivity contribution < 1.29 is 9.59 Å². The lowest BCUT2D eigenvalue weighted by atomic mass is 10.1. The molecule has 0 saturated heterocycles. The van der Waals surface area contributed by atoms with Crippen LogP contribution >= 0.6 is 0 Å². The van der Waals surface area contributed by atoms with Crippen LogP contribution in [0.15, 0.2) is 36.4 Å². The van der Waals surface area contributed by atoms with Crippen LogP contribution in [0.25, 0.3) is 6.08 Å². The summed E-state index contributed by atoms with van der Waals surface area (Å²) in [6, 6.07) is 8.68. The Morgan fingerprint density at radius 2 is 1.93 bits per heavy atom. The maximum Gasteiger partial charge on any atom is 0.247 e. The Kier molecular flexibility index (Phi) is 6.93. The molecule has 0 unspecified atom stereocenters. The number of para-hydroxylation sites is 1. The molecule has 144 valence electrons. The largest absolute Gasteiger partial charge is 0.327 e. The molecule has 0 saturated carbocycles. The van der Waals surface area contributed by atoms with Gasteiger partial charge in [0.05, 0.1) is 5.69 Å². The van der Waals surface area contributed by atoms with Crippen LogP contribution in [0.3, 0.4) is 0 Å². The molecular weight excluding hydrogens is 340 g/mol. The van der Waals surface area contributed by atoms with Crippen molar-refractivity contribution >= 4 is 23.6 Å². The maximum absolute atomic E-state index is 12.8. The summed E-state index contributed by atoms with van der Waals surface area (Å²) in [7, 11) is 1.88. The van der Waals surface area contributed by atoms with Crippen LogP contribution in [-0.2, 0) is 16.6 Å². The van der Waals surface area contributed by atoms with Gasteiger partial charge < -0.3 is 10.2 Å². The molecule has 0 bridgehead atoms. The van der Waals surface area contributed by atoms with Gasteiger partial charge in [-0.05, 0) is 45.4 Å². The molecule has 1 aromatic carbocycles. The van der Waals surface area contributed by atoms with Gasteiger partial charge in [-0.2, -0.15) is 5.10 Å². The molecule has 1 heterocycles. The Labute approximate surface area is 160 Å². The highest BCUT2D eigenvalue weighted by molar-refractivity contribution is 5.99. The molecule has 6 nitrogen and oxygen atoms in total. The van der Waals surface area contributed by atoms with E-state index in [1.165, 1.54) is 6.08 Å². The number of benzene rings is 1. The quantitative estimate of drug-likeness (QED) is 0.763. The molecule has 0 aliphatic rings. The molecule has 2 amide bonds. The van der Waals surface area contributed by atoms with Crippen molar-refractivity contribution in [3.63, 3.8) is 0 Å². The first-order chi connectivity index (χ1) is 12.8. The summed E-state index contributed by atoms with van der Waals surface area (Å²) < 4.78 is 1.79. The van der Waals surface area contributed by atoms with Gasteiger partial charge in [0, 0.05) is 36.6 Å². The highest BCUT2D eigenvalue weighted by atomic mass is 16.2. The third-order valence-corrected chi connectivity index (χ3v) is 4.59. The monoisotopic (exact) mass is 368 g/mol. The lowest BCUT2D eigenvalue weighted by Gasteiger charge is -2.27. The van der Waals surface area contributed by atoms with Gasteiger partial charge in [-0.15, -0.1) is 0 Å².